The molecular formula is C15H23F3IN3O2. The molecule has 5 nitrogen and oxygen atoms in total. The largest absolute Gasteiger partial charge is 0.573 e. The Kier molecular flexibility index (Phi) is 11.6. The number of halogens is 4. The standard InChI is InChI=1S/C15H22F3N3O2.HI/c1-22-10-4-2-3-9-20-14(19)21-11-12-5-7-13(8-6-12)23-15(16,17)18;/h5-8H,2-4,9-11H2,1H3,(H3,19,20,21);1H. The lowest BCUT2D eigenvalue weighted by Gasteiger charge is -2.09. The summed E-state index contributed by atoms with van der Waals surface area (Å²) in [6.07, 6.45) is -1.68. The second-order valence-corrected chi connectivity index (χ2v) is 4.87. The molecule has 0 bridgehead atoms. The molecule has 138 valence electrons. The number of methoxy groups -OCH3 is 1. The summed E-state index contributed by atoms with van der Waals surface area (Å²) < 4.78 is 44.9. The zero-order chi connectivity index (χ0) is 17.1. The Balaban J connectivity index is 0.00000529. The summed E-state index contributed by atoms with van der Waals surface area (Å²) in [6, 6.07) is 5.53. The molecule has 0 aliphatic rings. The Morgan fingerprint density at radius 3 is 2.42 bits per heavy atom. The summed E-state index contributed by atoms with van der Waals surface area (Å²) in [5.41, 5.74) is 6.46. The van der Waals surface area contributed by atoms with E-state index < -0.39 is 6.36 Å². The Morgan fingerprint density at radius 2 is 1.83 bits per heavy atom. The zero-order valence-corrected chi connectivity index (χ0v) is 15.8. The number of hydrogen-bond donors (Lipinski definition) is 2. The van der Waals surface area contributed by atoms with Gasteiger partial charge in [0.05, 0.1) is 6.54 Å². The van der Waals surface area contributed by atoms with Gasteiger partial charge in [0.25, 0.3) is 0 Å². The summed E-state index contributed by atoms with van der Waals surface area (Å²) in [6.45, 7) is 1.75. The van der Waals surface area contributed by atoms with Crippen molar-refractivity contribution >= 4 is 29.9 Å². The maximum Gasteiger partial charge on any atom is 0.573 e. The van der Waals surface area contributed by atoms with Gasteiger partial charge in [-0.2, -0.15) is 0 Å². The van der Waals surface area contributed by atoms with Crippen LogP contribution in [0.2, 0.25) is 0 Å². The van der Waals surface area contributed by atoms with Crippen molar-refractivity contribution in [3.8, 4) is 5.75 Å². The number of ether oxygens (including phenoxy) is 2. The highest BCUT2D eigenvalue weighted by Crippen LogP contribution is 2.22. The zero-order valence-electron chi connectivity index (χ0n) is 13.4. The molecule has 0 aliphatic heterocycles. The van der Waals surface area contributed by atoms with E-state index in [0.717, 1.165) is 38.0 Å². The SMILES string of the molecule is COCCCCCNC(N)=NCc1ccc(OC(F)(F)F)cc1.I. The molecule has 1 rings (SSSR count). The van der Waals surface area contributed by atoms with Crippen LogP contribution in [-0.2, 0) is 11.3 Å². The summed E-state index contributed by atoms with van der Waals surface area (Å²) in [4.78, 5) is 4.13. The van der Waals surface area contributed by atoms with Crippen molar-refractivity contribution in [1.82, 2.24) is 5.32 Å². The molecule has 1 aromatic carbocycles. The van der Waals surface area contributed by atoms with Gasteiger partial charge in [0.1, 0.15) is 5.75 Å². The van der Waals surface area contributed by atoms with Crippen molar-refractivity contribution in [3.63, 3.8) is 0 Å². The molecule has 0 spiro atoms. The van der Waals surface area contributed by atoms with Crippen LogP contribution in [0.15, 0.2) is 29.3 Å². The van der Waals surface area contributed by atoms with E-state index in [4.69, 9.17) is 10.5 Å². The molecule has 0 saturated heterocycles. The number of rotatable bonds is 9. The third-order valence-electron chi connectivity index (χ3n) is 2.92. The minimum atomic E-state index is -4.68. The summed E-state index contributed by atoms with van der Waals surface area (Å²) in [5.74, 6) is 0.0553. The van der Waals surface area contributed by atoms with Crippen molar-refractivity contribution in [3.05, 3.63) is 29.8 Å². The van der Waals surface area contributed by atoms with Gasteiger partial charge < -0.3 is 20.5 Å². The van der Waals surface area contributed by atoms with Gasteiger partial charge in [0.15, 0.2) is 5.96 Å². The van der Waals surface area contributed by atoms with E-state index in [2.05, 4.69) is 15.0 Å². The fourth-order valence-corrected chi connectivity index (χ4v) is 1.79. The van der Waals surface area contributed by atoms with E-state index in [0.29, 0.717) is 5.96 Å². The number of alkyl halides is 3. The van der Waals surface area contributed by atoms with Gasteiger partial charge in [-0.15, -0.1) is 37.1 Å². The van der Waals surface area contributed by atoms with Crippen LogP contribution in [0, 0.1) is 0 Å². The molecule has 9 heteroatoms. The van der Waals surface area contributed by atoms with Gasteiger partial charge in [-0.3, -0.25) is 0 Å². The first-order valence-electron chi connectivity index (χ1n) is 7.28. The Morgan fingerprint density at radius 1 is 1.17 bits per heavy atom. The molecule has 0 heterocycles. The van der Waals surface area contributed by atoms with Crippen molar-refractivity contribution in [2.75, 3.05) is 20.3 Å². The van der Waals surface area contributed by atoms with Gasteiger partial charge >= 0.3 is 6.36 Å². The molecule has 0 fully saturated rings. The Hall–Kier alpha value is -1.23. The van der Waals surface area contributed by atoms with Crippen molar-refractivity contribution in [1.29, 1.82) is 0 Å². The van der Waals surface area contributed by atoms with Gasteiger partial charge in [-0.25, -0.2) is 4.99 Å². The number of benzene rings is 1. The summed E-state index contributed by atoms with van der Waals surface area (Å²) >= 11 is 0. The van der Waals surface area contributed by atoms with Gasteiger partial charge in [0.2, 0.25) is 0 Å². The fourth-order valence-electron chi connectivity index (χ4n) is 1.79. The van der Waals surface area contributed by atoms with Crippen LogP contribution < -0.4 is 15.8 Å². The van der Waals surface area contributed by atoms with E-state index in [1.807, 2.05) is 0 Å². The minimum absolute atomic E-state index is 0. The van der Waals surface area contributed by atoms with Crippen LogP contribution in [0.5, 0.6) is 5.75 Å². The van der Waals surface area contributed by atoms with E-state index >= 15 is 0 Å². The summed E-state index contributed by atoms with van der Waals surface area (Å²) in [7, 11) is 1.67. The first kappa shape index (κ1) is 22.8. The smallest absolute Gasteiger partial charge is 0.406 e. The van der Waals surface area contributed by atoms with Crippen LogP contribution in [0.25, 0.3) is 0 Å². The second kappa shape index (κ2) is 12.2. The normalized spacial score (nSPS) is 11.8. The molecule has 0 unspecified atom stereocenters. The highest BCUT2D eigenvalue weighted by Gasteiger charge is 2.30. The first-order valence-corrected chi connectivity index (χ1v) is 7.28. The van der Waals surface area contributed by atoms with Crippen LogP contribution in [-0.4, -0.2) is 32.6 Å². The molecule has 0 saturated carbocycles. The highest BCUT2D eigenvalue weighted by atomic mass is 127. The molecular weight excluding hydrogens is 438 g/mol. The van der Waals surface area contributed by atoms with Gasteiger partial charge in [0, 0.05) is 20.3 Å². The van der Waals surface area contributed by atoms with E-state index in [1.54, 1.807) is 7.11 Å². The molecule has 3 N–H and O–H groups in total. The minimum Gasteiger partial charge on any atom is -0.406 e. The highest BCUT2D eigenvalue weighted by molar-refractivity contribution is 14.0. The number of nitrogens with zero attached hydrogens (tertiary/aromatic N) is 1. The lowest BCUT2D eigenvalue weighted by atomic mass is 10.2. The predicted octanol–water partition coefficient (Wildman–Crippen LogP) is 3.42. The van der Waals surface area contributed by atoms with Gasteiger partial charge in [-0.1, -0.05) is 12.1 Å². The average Bonchev–Trinajstić information content (AvgIpc) is 2.48. The average molecular weight is 461 g/mol. The molecule has 0 radical (unpaired) electrons. The lowest BCUT2D eigenvalue weighted by molar-refractivity contribution is -0.274. The lowest BCUT2D eigenvalue weighted by Crippen LogP contribution is -2.32. The fraction of sp³-hybridized carbons (Fsp3) is 0.533. The van der Waals surface area contributed by atoms with Gasteiger partial charge in [-0.05, 0) is 37.0 Å². The predicted molar refractivity (Wildman–Crippen MR) is 97.6 cm³/mol. The van der Waals surface area contributed by atoms with Crippen molar-refractivity contribution in [2.24, 2.45) is 10.7 Å². The number of nitrogens with two attached hydrogens (primary N) is 1. The summed E-state index contributed by atoms with van der Waals surface area (Å²) in [5, 5.41) is 2.99. The van der Waals surface area contributed by atoms with Crippen LogP contribution in [0.1, 0.15) is 24.8 Å². The maximum absolute atomic E-state index is 12.0. The molecule has 1 aromatic rings. The molecule has 24 heavy (non-hydrogen) atoms. The topological polar surface area (TPSA) is 68.9 Å². The number of hydrogen-bond acceptors (Lipinski definition) is 3. The van der Waals surface area contributed by atoms with E-state index in [-0.39, 0.29) is 36.3 Å². The molecule has 0 amide bonds. The van der Waals surface area contributed by atoms with Crippen molar-refractivity contribution < 1.29 is 22.6 Å². The number of aliphatic imine (C=N–C) groups is 1. The maximum atomic E-state index is 12.0. The first-order chi connectivity index (χ1) is 10.9. The third-order valence-corrected chi connectivity index (χ3v) is 2.92. The molecule has 0 atom stereocenters. The number of nitrogens with one attached hydrogen (secondary N) is 1. The van der Waals surface area contributed by atoms with Crippen molar-refractivity contribution in [2.45, 2.75) is 32.2 Å². The van der Waals surface area contributed by atoms with Crippen LogP contribution >= 0.6 is 24.0 Å². The van der Waals surface area contributed by atoms with Crippen LogP contribution in [0.4, 0.5) is 13.2 Å². The Bertz CT molecular complexity index is 482. The monoisotopic (exact) mass is 461 g/mol. The quantitative estimate of drug-likeness (QED) is 0.256. The number of guanidine groups is 1. The van der Waals surface area contributed by atoms with Crippen LogP contribution in [0.3, 0.4) is 0 Å². The third kappa shape index (κ3) is 11.3. The number of unbranched alkanes of at least 4 members (excludes halogenated alkanes) is 2. The second-order valence-electron chi connectivity index (χ2n) is 4.87. The van der Waals surface area contributed by atoms with E-state index in [9.17, 15) is 13.2 Å². The molecule has 0 aromatic heterocycles. The van der Waals surface area contributed by atoms with E-state index in [1.165, 1.54) is 24.3 Å². The molecule has 0 aliphatic carbocycles. The Labute approximate surface area is 156 Å².